The minimum Gasteiger partial charge on any atom is -0.494 e. The molecule has 2 aromatic carbocycles. The van der Waals surface area contributed by atoms with Crippen molar-refractivity contribution in [2.45, 2.75) is 49.8 Å². The quantitative estimate of drug-likeness (QED) is 0.195. The topological polar surface area (TPSA) is 133 Å². The van der Waals surface area contributed by atoms with E-state index in [0.29, 0.717) is 51.0 Å². The predicted molar refractivity (Wildman–Crippen MR) is 146 cm³/mol. The van der Waals surface area contributed by atoms with E-state index in [1.807, 2.05) is 0 Å². The summed E-state index contributed by atoms with van der Waals surface area (Å²) in [5, 5.41) is 57.0. The van der Waals surface area contributed by atoms with Crippen molar-refractivity contribution in [2.24, 2.45) is 0 Å². The molecular formula is C28H23Cl3N2O7. The number of aliphatic hydroxyl groups excluding tert-OH is 1. The number of aliphatic hydroxyl groups is 1. The van der Waals surface area contributed by atoms with Gasteiger partial charge in [-0.05, 0) is 49.2 Å². The Kier molecular flexibility index (Phi) is 5.98. The van der Waals surface area contributed by atoms with Gasteiger partial charge in [-0.1, -0.05) is 40.9 Å². The van der Waals surface area contributed by atoms with Crippen LogP contribution in [0.2, 0.25) is 15.1 Å². The van der Waals surface area contributed by atoms with Gasteiger partial charge in [0.15, 0.2) is 0 Å². The molecular weight excluding hydrogens is 583 g/mol. The largest absolute Gasteiger partial charge is 0.494 e. The fourth-order valence-corrected chi connectivity index (χ4v) is 6.52. The molecule has 1 fully saturated rings. The van der Waals surface area contributed by atoms with E-state index >= 15 is 0 Å². The number of ether oxygens (including phenoxy) is 2. The number of nitrogens with zero attached hydrogens (tertiary/aromatic N) is 2. The third kappa shape index (κ3) is 3.80. The molecule has 0 amide bonds. The normalized spacial score (nSPS) is 24.9. The van der Waals surface area contributed by atoms with Crippen LogP contribution in [0.15, 0.2) is 42.5 Å². The fraction of sp³-hybridized carbons (Fsp3) is 0.286. The molecule has 5 N–H and O–H groups in total. The highest BCUT2D eigenvalue weighted by atomic mass is 35.5. The smallest absolute Gasteiger partial charge is 0.205 e. The summed E-state index contributed by atoms with van der Waals surface area (Å²) in [6.07, 6.45) is -2.75. The molecule has 3 heterocycles. The summed E-state index contributed by atoms with van der Waals surface area (Å²) >= 11 is 18.4. The maximum absolute atomic E-state index is 11.4. The monoisotopic (exact) mass is 604 g/mol. The summed E-state index contributed by atoms with van der Waals surface area (Å²) in [7, 11) is 0. The number of hydrogen-bond donors (Lipinski definition) is 5. The molecule has 5 atom stereocenters. The van der Waals surface area contributed by atoms with Crippen LogP contribution in [0.4, 0.5) is 0 Å². The van der Waals surface area contributed by atoms with Crippen LogP contribution in [-0.2, 0) is 22.3 Å². The van der Waals surface area contributed by atoms with Crippen molar-refractivity contribution in [2.75, 3.05) is 0 Å². The highest BCUT2D eigenvalue weighted by Crippen LogP contribution is 2.56. The van der Waals surface area contributed by atoms with Crippen molar-refractivity contribution in [3.63, 3.8) is 0 Å². The summed E-state index contributed by atoms with van der Waals surface area (Å²) in [5.41, 5.74) is 2.29. The molecule has 208 valence electrons. The van der Waals surface area contributed by atoms with Crippen LogP contribution in [0, 0.1) is 0 Å². The third-order valence-electron chi connectivity index (χ3n) is 7.97. The molecule has 1 aliphatic heterocycles. The highest BCUT2D eigenvalue weighted by molar-refractivity contribution is 6.42. The molecule has 0 saturated carbocycles. The lowest BCUT2D eigenvalue weighted by atomic mass is 9.88. The molecule has 2 aromatic heterocycles. The van der Waals surface area contributed by atoms with Crippen molar-refractivity contribution in [3.8, 4) is 34.9 Å². The lowest BCUT2D eigenvalue weighted by Gasteiger charge is -2.32. The van der Waals surface area contributed by atoms with Gasteiger partial charge in [-0.2, -0.15) is 0 Å². The Morgan fingerprint density at radius 2 is 1.45 bits per heavy atom. The van der Waals surface area contributed by atoms with Crippen LogP contribution < -0.4 is 0 Å². The maximum atomic E-state index is 11.4. The van der Waals surface area contributed by atoms with Crippen LogP contribution in [0.25, 0.3) is 11.4 Å². The second kappa shape index (κ2) is 9.24. The number of hydrogen-bond acceptors (Lipinski definition) is 7. The van der Waals surface area contributed by atoms with Gasteiger partial charge in [0.1, 0.15) is 18.3 Å². The van der Waals surface area contributed by atoms with Crippen LogP contribution in [0.1, 0.15) is 40.9 Å². The Morgan fingerprint density at radius 1 is 0.775 bits per heavy atom. The van der Waals surface area contributed by atoms with Crippen LogP contribution in [-0.4, -0.2) is 53.0 Å². The lowest BCUT2D eigenvalue weighted by molar-refractivity contribution is -0.0973. The van der Waals surface area contributed by atoms with E-state index in [9.17, 15) is 25.5 Å². The van der Waals surface area contributed by atoms with Gasteiger partial charge in [-0.25, -0.2) is 0 Å². The number of aromatic nitrogens is 2. The molecule has 12 heteroatoms. The molecule has 0 bridgehead atoms. The molecule has 7 rings (SSSR count). The van der Waals surface area contributed by atoms with Crippen LogP contribution >= 0.6 is 34.8 Å². The fourth-order valence-electron chi connectivity index (χ4n) is 6.05. The third-order valence-corrected chi connectivity index (χ3v) is 8.95. The van der Waals surface area contributed by atoms with Gasteiger partial charge in [0.05, 0.1) is 44.8 Å². The maximum Gasteiger partial charge on any atom is 0.205 e. The van der Waals surface area contributed by atoms with Gasteiger partial charge in [-0.15, -0.1) is 0 Å². The second-order valence-electron chi connectivity index (χ2n) is 10.3. The zero-order valence-electron chi connectivity index (χ0n) is 20.6. The van der Waals surface area contributed by atoms with Gasteiger partial charge in [-0.3, -0.25) is 9.13 Å². The number of benzene rings is 2. The molecule has 0 radical (unpaired) electrons. The van der Waals surface area contributed by atoms with Gasteiger partial charge in [0, 0.05) is 22.6 Å². The Balaban J connectivity index is 1.32. The van der Waals surface area contributed by atoms with E-state index < -0.39 is 24.4 Å². The molecule has 4 aromatic rings. The zero-order valence-corrected chi connectivity index (χ0v) is 22.9. The number of halogens is 3. The minimum absolute atomic E-state index is 0.175. The lowest BCUT2D eigenvalue weighted by Crippen LogP contribution is -2.31. The first-order chi connectivity index (χ1) is 19.2. The number of aromatic hydroxyl groups is 4. The van der Waals surface area contributed by atoms with E-state index in [-0.39, 0.29) is 46.6 Å². The Labute approximate surface area is 242 Å². The molecule has 2 aliphatic carbocycles. The zero-order chi connectivity index (χ0) is 28.0. The van der Waals surface area contributed by atoms with Crippen molar-refractivity contribution in [3.05, 3.63) is 79.8 Å². The first kappa shape index (κ1) is 25.9. The molecule has 3 aliphatic rings. The predicted octanol–water partition coefficient (Wildman–Crippen LogP) is 5.48. The standard InChI is InChI=1S/C28H23Cl3N2O7/c29-11-2-1-3-12(8-11)32-25(35)14-5-7-18(34)22(20(14)27(32)37)40-24-21-15(10-19-23(24)39-19)26(36)33(28(21)38)13-4-6-16(30)17(31)9-13/h1-4,6,8-9,18-19,22-24,34-38H,5,7,10H2/t18-,19+,22?,23+,24?/m0/s1. The van der Waals surface area contributed by atoms with Gasteiger partial charge >= 0.3 is 0 Å². The summed E-state index contributed by atoms with van der Waals surface area (Å²) in [6.45, 7) is 0. The van der Waals surface area contributed by atoms with Crippen LogP contribution in [0.5, 0.6) is 23.5 Å². The van der Waals surface area contributed by atoms with Gasteiger partial charge < -0.3 is 35.0 Å². The van der Waals surface area contributed by atoms with Crippen molar-refractivity contribution in [1.29, 1.82) is 0 Å². The molecule has 0 spiro atoms. The first-order valence-electron chi connectivity index (χ1n) is 12.7. The number of fused-ring (bicyclic) bond motifs is 3. The first-order valence-corrected chi connectivity index (χ1v) is 13.8. The number of rotatable bonds is 4. The average Bonchev–Trinajstić information content (AvgIpc) is 3.60. The van der Waals surface area contributed by atoms with E-state index in [2.05, 4.69) is 0 Å². The molecule has 2 unspecified atom stereocenters. The SMILES string of the molecule is Oc1c2c(c(O)n1-c1cccc(Cl)c1)C(OC1c3c(c(O)n(-c4ccc(Cl)c(Cl)c4)c3O)C[C@H]3O[C@@H]13)[C@@H](O)CC2. The second-order valence-corrected chi connectivity index (χ2v) is 11.5. The van der Waals surface area contributed by atoms with E-state index in [0.717, 1.165) is 0 Å². The average molecular weight is 606 g/mol. The summed E-state index contributed by atoms with van der Waals surface area (Å²) in [4.78, 5) is 0. The molecule has 40 heavy (non-hydrogen) atoms. The Morgan fingerprint density at radius 3 is 2.15 bits per heavy atom. The van der Waals surface area contributed by atoms with Crippen molar-refractivity contribution < 1.29 is 35.0 Å². The molecule has 1 saturated heterocycles. The van der Waals surface area contributed by atoms with E-state index in [4.69, 9.17) is 44.3 Å². The van der Waals surface area contributed by atoms with Gasteiger partial charge in [0.25, 0.3) is 0 Å². The Bertz CT molecular complexity index is 1680. The Hall–Kier alpha value is -3.05. The summed E-state index contributed by atoms with van der Waals surface area (Å²) in [6, 6.07) is 11.4. The summed E-state index contributed by atoms with van der Waals surface area (Å²) in [5.74, 6) is -0.917. The molecule has 9 nitrogen and oxygen atoms in total. The van der Waals surface area contributed by atoms with Crippen LogP contribution in [0.3, 0.4) is 0 Å². The van der Waals surface area contributed by atoms with Gasteiger partial charge in [0.2, 0.25) is 23.5 Å². The van der Waals surface area contributed by atoms with Crippen molar-refractivity contribution >= 4 is 34.8 Å². The summed E-state index contributed by atoms with van der Waals surface area (Å²) < 4.78 is 14.8. The minimum atomic E-state index is -1.06. The van der Waals surface area contributed by atoms with E-state index in [1.165, 1.54) is 15.2 Å². The highest BCUT2D eigenvalue weighted by Gasteiger charge is 2.55. The number of epoxide rings is 1. The van der Waals surface area contributed by atoms with Crippen molar-refractivity contribution in [1.82, 2.24) is 9.13 Å². The van der Waals surface area contributed by atoms with E-state index in [1.54, 1.807) is 36.4 Å².